The summed E-state index contributed by atoms with van der Waals surface area (Å²) in [6.07, 6.45) is 7.12. The van der Waals surface area contributed by atoms with Gasteiger partial charge in [0.05, 0.1) is 6.54 Å². The van der Waals surface area contributed by atoms with Crippen LogP contribution in [0.2, 0.25) is 0 Å². The lowest BCUT2D eigenvalue weighted by atomic mass is 10.00. The quantitative estimate of drug-likeness (QED) is 0.455. The van der Waals surface area contributed by atoms with Crippen LogP contribution in [0.3, 0.4) is 0 Å². The van der Waals surface area contributed by atoms with Gasteiger partial charge in [0.25, 0.3) is 0 Å². The minimum atomic E-state index is 0. The maximum absolute atomic E-state index is 4.40. The molecule has 5 nitrogen and oxygen atoms in total. The summed E-state index contributed by atoms with van der Waals surface area (Å²) in [5.41, 5.74) is 2.75. The number of hydrogen-bond donors (Lipinski definition) is 1. The van der Waals surface area contributed by atoms with E-state index in [1.807, 2.05) is 24.0 Å². The molecule has 0 radical (unpaired) electrons. The molecule has 6 heteroatoms. The molecule has 24 heavy (non-hydrogen) atoms. The van der Waals surface area contributed by atoms with Crippen molar-refractivity contribution >= 4 is 35.5 Å². The highest BCUT2D eigenvalue weighted by atomic mass is 127. The van der Waals surface area contributed by atoms with Crippen molar-refractivity contribution in [2.75, 3.05) is 26.7 Å². The zero-order valence-electron chi connectivity index (χ0n) is 13.9. The van der Waals surface area contributed by atoms with E-state index in [1.54, 1.807) is 6.20 Å². The van der Waals surface area contributed by atoms with E-state index in [0.29, 0.717) is 0 Å². The van der Waals surface area contributed by atoms with Gasteiger partial charge in [0.1, 0.15) is 0 Å². The standard InChI is InChI=1S/C18H23N5.HI/c1-19-18(20-11-15-23-12-5-10-21-23)22-13-8-17(9-14-22)16-6-3-2-4-7-16;/h2-8,10,12H,9,11,13-15H2,1H3,(H,19,20);1H. The van der Waals surface area contributed by atoms with Gasteiger partial charge in [-0.05, 0) is 23.6 Å². The van der Waals surface area contributed by atoms with Crippen molar-refractivity contribution in [2.24, 2.45) is 4.99 Å². The van der Waals surface area contributed by atoms with Crippen LogP contribution in [0.4, 0.5) is 0 Å². The van der Waals surface area contributed by atoms with Gasteiger partial charge in [-0.15, -0.1) is 24.0 Å². The Morgan fingerprint density at radius 2 is 2.08 bits per heavy atom. The molecule has 0 unspecified atom stereocenters. The Morgan fingerprint density at radius 3 is 2.71 bits per heavy atom. The predicted molar refractivity (Wildman–Crippen MR) is 110 cm³/mol. The van der Waals surface area contributed by atoms with Crippen LogP contribution < -0.4 is 5.32 Å². The van der Waals surface area contributed by atoms with Crippen LogP contribution >= 0.6 is 24.0 Å². The number of rotatable bonds is 4. The average molecular weight is 437 g/mol. The summed E-state index contributed by atoms with van der Waals surface area (Å²) in [7, 11) is 1.84. The molecule has 3 rings (SSSR count). The molecule has 0 saturated heterocycles. The van der Waals surface area contributed by atoms with Crippen molar-refractivity contribution in [2.45, 2.75) is 13.0 Å². The largest absolute Gasteiger partial charge is 0.354 e. The molecule has 0 saturated carbocycles. The number of aliphatic imine (C=N–C) groups is 1. The Balaban J connectivity index is 0.00000208. The Hall–Kier alpha value is -1.83. The molecule has 0 aliphatic carbocycles. The normalized spacial score (nSPS) is 14.8. The summed E-state index contributed by atoms with van der Waals surface area (Å²) in [5.74, 6) is 0.959. The molecule has 0 spiro atoms. The summed E-state index contributed by atoms with van der Waals surface area (Å²) >= 11 is 0. The monoisotopic (exact) mass is 437 g/mol. The molecule has 2 heterocycles. The van der Waals surface area contributed by atoms with Crippen LogP contribution in [0.1, 0.15) is 12.0 Å². The lowest BCUT2D eigenvalue weighted by Gasteiger charge is -2.29. The molecule has 1 aromatic heterocycles. The van der Waals surface area contributed by atoms with E-state index < -0.39 is 0 Å². The van der Waals surface area contributed by atoms with E-state index in [9.17, 15) is 0 Å². The number of guanidine groups is 1. The maximum Gasteiger partial charge on any atom is 0.194 e. The van der Waals surface area contributed by atoms with Crippen molar-refractivity contribution in [1.82, 2.24) is 20.0 Å². The third kappa shape index (κ3) is 4.83. The lowest BCUT2D eigenvalue weighted by Crippen LogP contribution is -2.44. The first-order valence-corrected chi connectivity index (χ1v) is 8.04. The number of nitrogens with one attached hydrogen (secondary N) is 1. The molecule has 1 aromatic carbocycles. The fraction of sp³-hybridized carbons (Fsp3) is 0.333. The third-order valence-electron chi connectivity index (χ3n) is 4.05. The van der Waals surface area contributed by atoms with Gasteiger partial charge < -0.3 is 10.2 Å². The summed E-state index contributed by atoms with van der Waals surface area (Å²) < 4.78 is 1.92. The van der Waals surface area contributed by atoms with Crippen molar-refractivity contribution < 1.29 is 0 Å². The van der Waals surface area contributed by atoms with Crippen LogP contribution in [-0.4, -0.2) is 47.3 Å². The first-order chi connectivity index (χ1) is 11.4. The summed E-state index contributed by atoms with van der Waals surface area (Å²) in [6, 6.07) is 12.5. The van der Waals surface area contributed by atoms with Gasteiger partial charge in [-0.1, -0.05) is 36.4 Å². The zero-order valence-corrected chi connectivity index (χ0v) is 16.3. The highest BCUT2D eigenvalue weighted by Crippen LogP contribution is 2.21. The van der Waals surface area contributed by atoms with Gasteiger partial charge >= 0.3 is 0 Å². The number of halogens is 1. The van der Waals surface area contributed by atoms with Gasteiger partial charge in [0.2, 0.25) is 0 Å². The summed E-state index contributed by atoms with van der Waals surface area (Å²) in [5, 5.41) is 7.63. The Bertz CT molecular complexity index is 664. The van der Waals surface area contributed by atoms with Gasteiger partial charge in [0, 0.05) is 39.1 Å². The van der Waals surface area contributed by atoms with Crippen molar-refractivity contribution in [3.8, 4) is 0 Å². The topological polar surface area (TPSA) is 45.5 Å². The molecular formula is C18H24IN5. The van der Waals surface area contributed by atoms with Crippen molar-refractivity contribution in [1.29, 1.82) is 0 Å². The van der Waals surface area contributed by atoms with Crippen LogP contribution in [0.25, 0.3) is 5.57 Å². The second kappa shape index (κ2) is 9.46. The Labute approximate surface area is 160 Å². The third-order valence-corrected chi connectivity index (χ3v) is 4.05. The average Bonchev–Trinajstić information content (AvgIpc) is 3.13. The smallest absolute Gasteiger partial charge is 0.194 e. The van der Waals surface area contributed by atoms with E-state index in [0.717, 1.165) is 38.6 Å². The van der Waals surface area contributed by atoms with Crippen molar-refractivity contribution in [3.05, 3.63) is 60.4 Å². The second-order valence-corrected chi connectivity index (χ2v) is 5.53. The summed E-state index contributed by atoms with van der Waals surface area (Å²) in [4.78, 5) is 6.69. The van der Waals surface area contributed by atoms with E-state index in [4.69, 9.17) is 0 Å². The fourth-order valence-corrected chi connectivity index (χ4v) is 2.82. The lowest BCUT2D eigenvalue weighted by molar-refractivity contribution is 0.436. The SMILES string of the molecule is CN=C(NCCn1cccn1)N1CC=C(c2ccccc2)CC1.I. The van der Waals surface area contributed by atoms with Gasteiger partial charge in [0.15, 0.2) is 5.96 Å². The van der Waals surface area contributed by atoms with E-state index >= 15 is 0 Å². The highest BCUT2D eigenvalue weighted by molar-refractivity contribution is 14.0. The van der Waals surface area contributed by atoms with Crippen molar-refractivity contribution in [3.63, 3.8) is 0 Å². The van der Waals surface area contributed by atoms with E-state index in [2.05, 4.69) is 56.7 Å². The molecule has 1 N–H and O–H groups in total. The molecule has 2 aromatic rings. The Morgan fingerprint density at radius 1 is 1.25 bits per heavy atom. The molecule has 128 valence electrons. The zero-order chi connectivity index (χ0) is 15.9. The second-order valence-electron chi connectivity index (χ2n) is 5.53. The van der Waals surface area contributed by atoms with Gasteiger partial charge in [-0.3, -0.25) is 9.67 Å². The number of aromatic nitrogens is 2. The van der Waals surface area contributed by atoms with Gasteiger partial charge in [-0.25, -0.2) is 0 Å². The minimum Gasteiger partial charge on any atom is -0.354 e. The van der Waals surface area contributed by atoms with Gasteiger partial charge in [-0.2, -0.15) is 5.10 Å². The number of benzene rings is 1. The van der Waals surface area contributed by atoms with Crippen LogP contribution in [0, 0.1) is 0 Å². The number of hydrogen-bond acceptors (Lipinski definition) is 2. The molecular weight excluding hydrogens is 413 g/mol. The highest BCUT2D eigenvalue weighted by Gasteiger charge is 2.15. The first-order valence-electron chi connectivity index (χ1n) is 8.04. The molecule has 0 bridgehead atoms. The van der Waals surface area contributed by atoms with E-state index in [-0.39, 0.29) is 24.0 Å². The molecule has 0 atom stereocenters. The van der Waals surface area contributed by atoms with E-state index in [1.165, 1.54) is 11.1 Å². The predicted octanol–water partition coefficient (Wildman–Crippen LogP) is 2.87. The molecule has 1 aliphatic rings. The molecule has 0 amide bonds. The minimum absolute atomic E-state index is 0. The maximum atomic E-state index is 4.40. The summed E-state index contributed by atoms with van der Waals surface area (Å²) in [6.45, 7) is 3.54. The molecule has 1 aliphatic heterocycles. The van der Waals surface area contributed by atoms with Crippen LogP contribution in [-0.2, 0) is 6.54 Å². The Kier molecular flexibility index (Phi) is 7.30. The first kappa shape index (κ1) is 18.5. The van der Waals surface area contributed by atoms with Crippen LogP contribution in [0.15, 0.2) is 59.9 Å². The van der Waals surface area contributed by atoms with Crippen LogP contribution in [0.5, 0.6) is 0 Å². The fourth-order valence-electron chi connectivity index (χ4n) is 2.82. The molecule has 0 fully saturated rings. The number of nitrogens with zero attached hydrogens (tertiary/aromatic N) is 4.